The number of nitrogens with one attached hydrogen (secondary N) is 1. The van der Waals surface area contributed by atoms with Crippen molar-refractivity contribution in [2.45, 2.75) is 12.1 Å². The third-order valence-electron chi connectivity index (χ3n) is 2.25. The summed E-state index contributed by atoms with van der Waals surface area (Å²) in [7, 11) is 1.78. The molecule has 1 aromatic carbocycles. The molecule has 0 amide bonds. The minimum Gasteiger partial charge on any atom is -0.395 e. The first-order valence-corrected chi connectivity index (χ1v) is 5.34. The molecule has 2 unspecified atom stereocenters. The van der Waals surface area contributed by atoms with Gasteiger partial charge in [0.15, 0.2) is 0 Å². The van der Waals surface area contributed by atoms with Crippen molar-refractivity contribution in [3.05, 3.63) is 33.8 Å². The van der Waals surface area contributed by atoms with Gasteiger partial charge in [-0.2, -0.15) is 0 Å². The van der Waals surface area contributed by atoms with Crippen LogP contribution in [0.2, 0.25) is 10.0 Å². The molecule has 84 valence electrons. The van der Waals surface area contributed by atoms with Crippen LogP contribution >= 0.6 is 23.2 Å². The Morgan fingerprint density at radius 1 is 1.40 bits per heavy atom. The van der Waals surface area contributed by atoms with Crippen molar-refractivity contribution in [3.8, 4) is 0 Å². The van der Waals surface area contributed by atoms with Crippen LogP contribution in [0.1, 0.15) is 11.6 Å². The van der Waals surface area contributed by atoms with Crippen molar-refractivity contribution in [1.82, 2.24) is 5.32 Å². The second kappa shape index (κ2) is 5.68. The molecule has 1 rings (SSSR count). The van der Waals surface area contributed by atoms with E-state index in [-0.39, 0.29) is 18.7 Å². The van der Waals surface area contributed by atoms with E-state index in [9.17, 15) is 0 Å². The molecular weight excluding hydrogens is 235 g/mol. The fourth-order valence-corrected chi connectivity index (χ4v) is 1.75. The maximum absolute atomic E-state index is 9.00. The van der Waals surface area contributed by atoms with E-state index in [4.69, 9.17) is 34.0 Å². The summed E-state index contributed by atoms with van der Waals surface area (Å²) >= 11 is 11.7. The van der Waals surface area contributed by atoms with Crippen LogP contribution in [0.15, 0.2) is 18.2 Å². The monoisotopic (exact) mass is 248 g/mol. The highest BCUT2D eigenvalue weighted by atomic mass is 35.5. The molecule has 0 aliphatic rings. The Morgan fingerprint density at radius 3 is 2.53 bits per heavy atom. The van der Waals surface area contributed by atoms with Gasteiger partial charge in [0.2, 0.25) is 0 Å². The highest BCUT2D eigenvalue weighted by Gasteiger charge is 2.17. The van der Waals surface area contributed by atoms with Gasteiger partial charge in [0.25, 0.3) is 0 Å². The summed E-state index contributed by atoms with van der Waals surface area (Å²) in [5.74, 6) is 0. The van der Waals surface area contributed by atoms with Crippen LogP contribution in [0.5, 0.6) is 0 Å². The summed E-state index contributed by atoms with van der Waals surface area (Å²) < 4.78 is 0. The zero-order valence-corrected chi connectivity index (χ0v) is 9.89. The average molecular weight is 249 g/mol. The number of benzene rings is 1. The van der Waals surface area contributed by atoms with E-state index in [1.54, 1.807) is 19.2 Å². The highest BCUT2D eigenvalue weighted by Crippen LogP contribution is 2.26. The van der Waals surface area contributed by atoms with Gasteiger partial charge >= 0.3 is 0 Å². The lowest BCUT2D eigenvalue weighted by atomic mass is 10.0. The van der Waals surface area contributed by atoms with Crippen molar-refractivity contribution >= 4 is 23.2 Å². The van der Waals surface area contributed by atoms with Crippen LogP contribution in [0, 0.1) is 0 Å². The lowest BCUT2D eigenvalue weighted by Crippen LogP contribution is -2.38. The number of hydrogen-bond donors (Lipinski definition) is 3. The average Bonchev–Trinajstić information content (AvgIpc) is 2.24. The van der Waals surface area contributed by atoms with Gasteiger partial charge in [0, 0.05) is 12.1 Å². The molecule has 0 aliphatic heterocycles. The largest absolute Gasteiger partial charge is 0.395 e. The first kappa shape index (κ1) is 12.7. The van der Waals surface area contributed by atoms with Gasteiger partial charge in [-0.25, -0.2) is 0 Å². The molecule has 2 atom stereocenters. The lowest BCUT2D eigenvalue weighted by Gasteiger charge is -2.22. The third-order valence-corrected chi connectivity index (χ3v) is 2.99. The lowest BCUT2D eigenvalue weighted by molar-refractivity contribution is 0.240. The number of aliphatic hydroxyl groups is 1. The fraction of sp³-hybridized carbons (Fsp3) is 0.400. The summed E-state index contributed by atoms with van der Waals surface area (Å²) in [6.07, 6.45) is 0. The minimum atomic E-state index is -0.368. The van der Waals surface area contributed by atoms with Gasteiger partial charge in [-0.05, 0) is 24.7 Å². The second-order valence-corrected chi connectivity index (χ2v) is 4.10. The Morgan fingerprint density at radius 2 is 2.07 bits per heavy atom. The van der Waals surface area contributed by atoms with Crippen molar-refractivity contribution in [2.24, 2.45) is 5.73 Å². The highest BCUT2D eigenvalue weighted by molar-refractivity contribution is 6.42. The fourth-order valence-electron chi connectivity index (χ4n) is 1.44. The summed E-state index contributed by atoms with van der Waals surface area (Å²) in [4.78, 5) is 0. The van der Waals surface area contributed by atoms with E-state index in [1.807, 2.05) is 6.07 Å². The number of aliphatic hydroxyl groups excluding tert-OH is 1. The molecule has 3 nitrogen and oxygen atoms in total. The Kier molecular flexibility index (Phi) is 4.83. The molecule has 0 spiro atoms. The van der Waals surface area contributed by atoms with Crippen molar-refractivity contribution < 1.29 is 5.11 Å². The summed E-state index contributed by atoms with van der Waals surface area (Å²) in [5, 5.41) is 13.0. The summed E-state index contributed by atoms with van der Waals surface area (Å²) in [6.45, 7) is -0.0915. The van der Waals surface area contributed by atoms with Gasteiger partial charge < -0.3 is 16.2 Å². The molecule has 15 heavy (non-hydrogen) atoms. The SMILES string of the molecule is CNC(c1ccc(Cl)c(Cl)c1)C(N)CO. The number of rotatable bonds is 4. The smallest absolute Gasteiger partial charge is 0.0601 e. The van der Waals surface area contributed by atoms with Crippen LogP contribution in [0.25, 0.3) is 0 Å². The van der Waals surface area contributed by atoms with Crippen LogP contribution < -0.4 is 11.1 Å². The molecule has 0 radical (unpaired) electrons. The molecule has 0 saturated heterocycles. The van der Waals surface area contributed by atoms with Crippen LogP contribution in [0.3, 0.4) is 0 Å². The number of likely N-dealkylation sites (N-methyl/N-ethyl adjacent to an activating group) is 1. The zero-order valence-electron chi connectivity index (χ0n) is 8.37. The van der Waals surface area contributed by atoms with E-state index in [2.05, 4.69) is 5.32 Å². The van der Waals surface area contributed by atoms with Crippen molar-refractivity contribution in [1.29, 1.82) is 0 Å². The molecule has 0 aromatic heterocycles. The Labute approximate surface area is 99.2 Å². The van der Waals surface area contributed by atoms with Gasteiger partial charge in [0.1, 0.15) is 0 Å². The predicted molar refractivity (Wildman–Crippen MR) is 63.3 cm³/mol. The molecule has 4 N–H and O–H groups in total. The maximum Gasteiger partial charge on any atom is 0.0601 e. The minimum absolute atomic E-state index is 0.0915. The van der Waals surface area contributed by atoms with Gasteiger partial charge in [-0.3, -0.25) is 0 Å². The first-order valence-electron chi connectivity index (χ1n) is 4.58. The molecule has 0 fully saturated rings. The van der Waals surface area contributed by atoms with E-state index in [1.165, 1.54) is 0 Å². The molecular formula is C10H14Cl2N2O. The standard InChI is InChI=1S/C10H14Cl2N2O/c1-14-10(9(13)5-15)6-2-3-7(11)8(12)4-6/h2-4,9-10,14-15H,5,13H2,1H3. The number of halogens is 2. The van der Waals surface area contributed by atoms with Gasteiger partial charge in [-0.1, -0.05) is 29.3 Å². The Hall–Kier alpha value is -0.320. The normalized spacial score (nSPS) is 15.0. The summed E-state index contributed by atoms with van der Waals surface area (Å²) in [6, 6.07) is 4.80. The topological polar surface area (TPSA) is 58.3 Å². The first-order chi connectivity index (χ1) is 7.10. The molecule has 0 bridgehead atoms. The third kappa shape index (κ3) is 3.06. The number of hydrogen-bond acceptors (Lipinski definition) is 3. The van der Waals surface area contributed by atoms with Crippen LogP contribution in [0.4, 0.5) is 0 Å². The van der Waals surface area contributed by atoms with E-state index in [0.29, 0.717) is 10.0 Å². The molecule has 5 heteroatoms. The van der Waals surface area contributed by atoms with Crippen molar-refractivity contribution in [3.63, 3.8) is 0 Å². The Bertz CT molecular complexity index is 333. The maximum atomic E-state index is 9.00. The summed E-state index contributed by atoms with van der Waals surface area (Å²) in [5.41, 5.74) is 6.67. The molecule has 0 aliphatic carbocycles. The van der Waals surface area contributed by atoms with Gasteiger partial charge in [-0.15, -0.1) is 0 Å². The second-order valence-electron chi connectivity index (χ2n) is 3.29. The number of nitrogens with two attached hydrogens (primary N) is 1. The van der Waals surface area contributed by atoms with Crippen LogP contribution in [-0.4, -0.2) is 24.8 Å². The van der Waals surface area contributed by atoms with Crippen LogP contribution in [-0.2, 0) is 0 Å². The molecule has 1 aromatic rings. The Balaban J connectivity index is 2.97. The van der Waals surface area contributed by atoms with E-state index < -0.39 is 0 Å². The molecule has 0 heterocycles. The van der Waals surface area contributed by atoms with E-state index in [0.717, 1.165) is 5.56 Å². The van der Waals surface area contributed by atoms with Crippen molar-refractivity contribution in [2.75, 3.05) is 13.7 Å². The predicted octanol–water partition coefficient (Wildman–Crippen LogP) is 1.57. The quantitative estimate of drug-likeness (QED) is 0.759. The zero-order chi connectivity index (χ0) is 11.4. The molecule has 0 saturated carbocycles. The van der Waals surface area contributed by atoms with E-state index >= 15 is 0 Å². The van der Waals surface area contributed by atoms with Gasteiger partial charge in [0.05, 0.1) is 16.7 Å².